The van der Waals surface area contributed by atoms with E-state index in [2.05, 4.69) is 68.2 Å². The van der Waals surface area contributed by atoms with Gasteiger partial charge in [0.05, 0.1) is 11.5 Å². The Hall–Kier alpha value is -4.97. The highest BCUT2D eigenvalue weighted by Gasteiger charge is 2.20. The van der Waals surface area contributed by atoms with Gasteiger partial charge >= 0.3 is 0 Å². The molecule has 0 aliphatic rings. The van der Waals surface area contributed by atoms with Crippen LogP contribution in [0, 0.1) is 5.41 Å². The molecule has 0 fully saturated rings. The maximum Gasteiger partial charge on any atom is 0.275 e. The highest BCUT2D eigenvalue weighted by Crippen LogP contribution is 2.20. The Morgan fingerprint density at radius 3 is 1.88 bits per heavy atom. The van der Waals surface area contributed by atoms with Crippen molar-refractivity contribution < 1.29 is 19.2 Å². The molecule has 4 aromatic rings. The second-order valence-corrected chi connectivity index (χ2v) is 12.2. The van der Waals surface area contributed by atoms with Gasteiger partial charge in [-0.15, -0.1) is 0 Å². The van der Waals surface area contributed by atoms with E-state index in [1.54, 1.807) is 50.1 Å². The van der Waals surface area contributed by atoms with Gasteiger partial charge in [0.25, 0.3) is 23.6 Å². The van der Waals surface area contributed by atoms with Crippen LogP contribution in [0.25, 0.3) is 0 Å². The zero-order valence-electron chi connectivity index (χ0n) is 26.5. The second kappa shape index (κ2) is 16.2. The van der Waals surface area contributed by atoms with Crippen LogP contribution in [-0.2, 0) is 21.1 Å². The summed E-state index contributed by atoms with van der Waals surface area (Å²) in [7, 11) is 4.77. The molecule has 3 aromatic heterocycles. The number of aryl methyl sites for hydroxylation is 3. The molecule has 4 amide bonds. The quantitative estimate of drug-likeness (QED) is 0.0598. The first-order valence-electron chi connectivity index (χ1n) is 14.7. The number of carbonyl (C=O) groups is 4. The number of aromatic nitrogens is 5. The third-order valence-corrected chi connectivity index (χ3v) is 7.80. The van der Waals surface area contributed by atoms with E-state index in [9.17, 15) is 19.2 Å². The zero-order valence-corrected chi connectivity index (χ0v) is 29.7. The van der Waals surface area contributed by atoms with Crippen molar-refractivity contribution in [2.24, 2.45) is 26.9 Å². The van der Waals surface area contributed by atoms with Crippen molar-refractivity contribution in [2.75, 3.05) is 51.1 Å². The number of hydrogen-bond donors (Lipinski definition) is 6. The lowest BCUT2D eigenvalue weighted by Gasteiger charge is -2.23. The topological polar surface area (TPSA) is 210 Å². The summed E-state index contributed by atoms with van der Waals surface area (Å²) in [6.45, 7) is 1.85. The number of amidine groups is 1. The van der Waals surface area contributed by atoms with Crippen LogP contribution < -0.4 is 31.9 Å². The average Bonchev–Trinajstić information content (AvgIpc) is 3.71. The van der Waals surface area contributed by atoms with Crippen LogP contribution in [0.4, 0.5) is 23.0 Å². The SMILES string of the molecule is Cn1cc(NC(=O)c2ccc(N(CCBr)CCBr)cc2)cc1C(=O)Nc1cc(C(=O)Nc2cc(C(=O)NCCC(=N)N)n(C)n2)n(C)n1. The summed E-state index contributed by atoms with van der Waals surface area (Å²) in [6, 6.07) is 11.7. The molecule has 254 valence electrons. The summed E-state index contributed by atoms with van der Waals surface area (Å²) in [5, 5.41) is 28.0. The Kier molecular flexibility index (Phi) is 12.1. The highest BCUT2D eigenvalue weighted by molar-refractivity contribution is 9.09. The van der Waals surface area contributed by atoms with Crippen molar-refractivity contribution in [3.05, 3.63) is 71.3 Å². The summed E-state index contributed by atoms with van der Waals surface area (Å²) in [4.78, 5) is 53.7. The van der Waals surface area contributed by atoms with E-state index in [0.717, 1.165) is 29.4 Å². The molecule has 3 heterocycles. The number of alkyl halides is 2. The molecule has 0 atom stereocenters. The van der Waals surface area contributed by atoms with Crippen molar-refractivity contribution in [1.29, 1.82) is 5.41 Å². The molecule has 0 saturated heterocycles. The van der Waals surface area contributed by atoms with Crippen LogP contribution >= 0.6 is 31.9 Å². The van der Waals surface area contributed by atoms with E-state index >= 15 is 0 Å². The Morgan fingerprint density at radius 1 is 0.792 bits per heavy atom. The molecule has 0 unspecified atom stereocenters. The van der Waals surface area contributed by atoms with E-state index in [1.807, 2.05) is 12.1 Å². The molecule has 7 N–H and O–H groups in total. The first kappa shape index (κ1) is 35.9. The van der Waals surface area contributed by atoms with E-state index in [4.69, 9.17) is 11.1 Å². The summed E-state index contributed by atoms with van der Waals surface area (Å²) in [6.07, 6.45) is 1.83. The number of hydrogen-bond acceptors (Lipinski definition) is 8. The number of anilines is 4. The summed E-state index contributed by atoms with van der Waals surface area (Å²) >= 11 is 6.94. The molecule has 0 spiro atoms. The summed E-state index contributed by atoms with van der Waals surface area (Å²) in [5.41, 5.74) is 7.79. The number of nitrogens with two attached hydrogens (primary N) is 1. The highest BCUT2D eigenvalue weighted by atomic mass is 79.9. The largest absolute Gasteiger partial charge is 0.388 e. The van der Waals surface area contributed by atoms with Gasteiger partial charge in [-0.2, -0.15) is 10.2 Å². The molecule has 0 aliphatic carbocycles. The first-order valence-corrected chi connectivity index (χ1v) is 16.9. The fourth-order valence-electron chi connectivity index (χ4n) is 4.70. The molecule has 48 heavy (non-hydrogen) atoms. The number of carbonyl (C=O) groups excluding carboxylic acids is 4. The normalized spacial score (nSPS) is 10.8. The van der Waals surface area contributed by atoms with Crippen LogP contribution in [0.5, 0.6) is 0 Å². The minimum Gasteiger partial charge on any atom is -0.388 e. The maximum absolute atomic E-state index is 13.1. The van der Waals surface area contributed by atoms with Gasteiger partial charge in [-0.3, -0.25) is 34.0 Å². The lowest BCUT2D eigenvalue weighted by Crippen LogP contribution is -2.29. The van der Waals surface area contributed by atoms with Crippen LogP contribution in [0.15, 0.2) is 48.7 Å². The molecule has 0 aliphatic heterocycles. The molecule has 0 bridgehead atoms. The Labute approximate surface area is 293 Å². The van der Waals surface area contributed by atoms with E-state index in [-0.39, 0.29) is 53.4 Å². The van der Waals surface area contributed by atoms with E-state index < -0.39 is 17.7 Å². The number of nitrogens with zero attached hydrogens (tertiary/aromatic N) is 6. The molecule has 0 saturated carbocycles. The van der Waals surface area contributed by atoms with Gasteiger partial charge in [-0.1, -0.05) is 31.9 Å². The van der Waals surface area contributed by atoms with Gasteiger partial charge in [0.2, 0.25) is 0 Å². The average molecular weight is 789 g/mol. The van der Waals surface area contributed by atoms with Gasteiger partial charge in [-0.25, -0.2) is 0 Å². The van der Waals surface area contributed by atoms with E-state index in [0.29, 0.717) is 11.3 Å². The van der Waals surface area contributed by atoms with Crippen LogP contribution in [0.3, 0.4) is 0 Å². The maximum atomic E-state index is 13.1. The Balaban J connectivity index is 1.37. The fourth-order valence-corrected chi connectivity index (χ4v) is 5.56. The minimum atomic E-state index is -0.567. The molecule has 4 rings (SSSR count). The number of halogens is 2. The smallest absolute Gasteiger partial charge is 0.275 e. The molecule has 16 nitrogen and oxygen atoms in total. The van der Waals surface area contributed by atoms with Crippen LogP contribution in [-0.4, -0.2) is 83.9 Å². The van der Waals surface area contributed by atoms with Crippen molar-refractivity contribution in [3.63, 3.8) is 0 Å². The van der Waals surface area contributed by atoms with Gasteiger partial charge < -0.3 is 36.5 Å². The lowest BCUT2D eigenvalue weighted by atomic mass is 10.1. The second-order valence-electron chi connectivity index (χ2n) is 10.6. The Bertz CT molecular complexity index is 1810. The predicted octanol–water partition coefficient (Wildman–Crippen LogP) is 2.90. The third kappa shape index (κ3) is 9.09. The van der Waals surface area contributed by atoms with E-state index in [1.165, 1.54) is 21.5 Å². The van der Waals surface area contributed by atoms with Gasteiger partial charge in [0.15, 0.2) is 11.6 Å². The van der Waals surface area contributed by atoms with Crippen LogP contribution in [0.1, 0.15) is 48.2 Å². The standard InChI is InChI=1S/C30H36Br2N12O4/c1-41-17-19(36-27(45)18-4-6-20(7-5-18)44(12-9-31)13-10-32)14-21(41)29(47)37-26-16-23(43(3)40-26)30(48)38-25-15-22(42(2)39-25)28(46)35-11-8-24(33)34/h4-7,14-17H,8-13H2,1-3H3,(H3,33,34)(H,35,46)(H,36,45)(H,37,40,47)(H,38,39,48). The summed E-state index contributed by atoms with van der Waals surface area (Å²) < 4.78 is 4.18. The van der Waals surface area contributed by atoms with Crippen molar-refractivity contribution in [2.45, 2.75) is 6.42 Å². The molecule has 18 heteroatoms. The predicted molar refractivity (Wildman–Crippen MR) is 191 cm³/mol. The zero-order chi connectivity index (χ0) is 35.0. The molecule has 0 radical (unpaired) electrons. The minimum absolute atomic E-state index is 0.0474. The number of benzene rings is 1. The lowest BCUT2D eigenvalue weighted by molar-refractivity contribution is 0.0943. The van der Waals surface area contributed by atoms with Crippen molar-refractivity contribution in [3.8, 4) is 0 Å². The Morgan fingerprint density at radius 2 is 1.33 bits per heavy atom. The third-order valence-electron chi connectivity index (χ3n) is 7.09. The van der Waals surface area contributed by atoms with Gasteiger partial charge in [0, 0.05) is 87.4 Å². The molecule has 1 aromatic carbocycles. The molecular formula is C30H36Br2N12O4. The van der Waals surface area contributed by atoms with Crippen LogP contribution in [0.2, 0.25) is 0 Å². The number of nitrogens with one attached hydrogen (secondary N) is 5. The van der Waals surface area contributed by atoms with Gasteiger partial charge in [0.1, 0.15) is 17.1 Å². The monoisotopic (exact) mass is 786 g/mol. The van der Waals surface area contributed by atoms with Crippen molar-refractivity contribution >= 4 is 84.3 Å². The van der Waals surface area contributed by atoms with Gasteiger partial charge in [-0.05, 0) is 30.3 Å². The van der Waals surface area contributed by atoms with Crippen molar-refractivity contribution in [1.82, 2.24) is 29.4 Å². The number of amides is 4. The first-order chi connectivity index (χ1) is 22.9. The number of rotatable bonds is 15. The fraction of sp³-hybridized carbons (Fsp3) is 0.300. The molecular weight excluding hydrogens is 752 g/mol. The summed E-state index contributed by atoms with van der Waals surface area (Å²) in [5.74, 6) is -1.62.